The molecular formula is C12H13O2. The van der Waals surface area contributed by atoms with E-state index < -0.39 is 0 Å². The normalized spacial score (nSPS) is 14.3. The highest BCUT2D eigenvalue weighted by Gasteiger charge is 2.22. The summed E-state index contributed by atoms with van der Waals surface area (Å²) in [6.45, 7) is 5.29. The number of allylic oxidation sites excluding steroid dienone is 1. The van der Waals surface area contributed by atoms with Crippen LogP contribution in [0.4, 0.5) is 0 Å². The van der Waals surface area contributed by atoms with Crippen LogP contribution in [-0.2, 0) is 0 Å². The summed E-state index contributed by atoms with van der Waals surface area (Å²) in [7, 11) is 0. The van der Waals surface area contributed by atoms with Gasteiger partial charge in [0.25, 0.3) is 0 Å². The molecule has 0 saturated carbocycles. The summed E-state index contributed by atoms with van der Waals surface area (Å²) in [5, 5.41) is 0. The number of ether oxygens (including phenoxy) is 2. The first-order valence-corrected chi connectivity index (χ1v) is 4.86. The first-order valence-electron chi connectivity index (χ1n) is 4.86. The van der Waals surface area contributed by atoms with E-state index in [9.17, 15) is 0 Å². The third-order valence-corrected chi connectivity index (χ3v) is 2.18. The molecule has 2 rings (SSSR count). The second kappa shape index (κ2) is 4.18. The van der Waals surface area contributed by atoms with Crippen molar-refractivity contribution in [2.75, 3.05) is 0 Å². The standard InChI is InChI=1S/C12H13O2/c1-2-3-4-9-12-13-10-7-5-6-8-11(10)14-12/h1-2,5-8,12H,3-4,9H2. The quantitative estimate of drug-likeness (QED) is 0.678. The topological polar surface area (TPSA) is 18.5 Å². The summed E-state index contributed by atoms with van der Waals surface area (Å²) >= 11 is 0. The van der Waals surface area contributed by atoms with Crippen molar-refractivity contribution in [3.05, 3.63) is 36.9 Å². The highest BCUT2D eigenvalue weighted by molar-refractivity contribution is 5.41. The van der Waals surface area contributed by atoms with Gasteiger partial charge in [0.15, 0.2) is 11.5 Å². The third-order valence-electron chi connectivity index (χ3n) is 2.18. The van der Waals surface area contributed by atoms with Crippen LogP contribution in [0.3, 0.4) is 0 Å². The molecule has 0 fully saturated rings. The van der Waals surface area contributed by atoms with E-state index in [-0.39, 0.29) is 6.29 Å². The number of unbranched alkanes of at least 4 members (excludes halogenated alkanes) is 1. The summed E-state index contributed by atoms with van der Waals surface area (Å²) < 4.78 is 11.2. The van der Waals surface area contributed by atoms with Gasteiger partial charge in [-0.05, 0) is 25.0 Å². The van der Waals surface area contributed by atoms with E-state index in [2.05, 4.69) is 0 Å². The van der Waals surface area contributed by atoms with E-state index in [4.69, 9.17) is 16.1 Å². The Morgan fingerprint density at radius 1 is 1.21 bits per heavy atom. The molecule has 1 aliphatic rings. The molecule has 1 heterocycles. The summed E-state index contributed by atoms with van der Waals surface area (Å²) in [6, 6.07) is 7.73. The lowest BCUT2D eigenvalue weighted by molar-refractivity contribution is 0.0404. The average Bonchev–Trinajstić information content (AvgIpc) is 2.60. The van der Waals surface area contributed by atoms with Gasteiger partial charge in [-0.25, -0.2) is 0 Å². The molecule has 0 spiro atoms. The smallest absolute Gasteiger partial charge is 0.241 e. The number of hydrogen-bond donors (Lipinski definition) is 0. The van der Waals surface area contributed by atoms with Gasteiger partial charge in [-0.2, -0.15) is 0 Å². The fraction of sp³-hybridized carbons (Fsp3) is 0.333. The Balaban J connectivity index is 1.88. The summed E-state index contributed by atoms with van der Waals surface area (Å²) in [4.78, 5) is 0. The molecule has 0 bridgehead atoms. The van der Waals surface area contributed by atoms with Crippen molar-refractivity contribution in [3.63, 3.8) is 0 Å². The van der Waals surface area contributed by atoms with Crippen LogP contribution in [0.2, 0.25) is 0 Å². The maximum Gasteiger partial charge on any atom is 0.241 e. The molecule has 0 amide bonds. The number of fused-ring (bicyclic) bond motifs is 1. The minimum atomic E-state index is -0.132. The number of rotatable bonds is 4. The largest absolute Gasteiger partial charge is 0.451 e. The lowest BCUT2D eigenvalue weighted by atomic mass is 10.2. The first-order chi connectivity index (χ1) is 6.90. The Bertz CT molecular complexity index is 295. The predicted octanol–water partition coefficient (Wildman–Crippen LogP) is 2.94. The fourth-order valence-corrected chi connectivity index (χ4v) is 1.47. The Morgan fingerprint density at radius 3 is 2.43 bits per heavy atom. The van der Waals surface area contributed by atoms with E-state index in [0.29, 0.717) is 0 Å². The van der Waals surface area contributed by atoms with E-state index in [0.717, 1.165) is 30.8 Å². The molecule has 1 aromatic carbocycles. The number of para-hydroxylation sites is 2. The highest BCUT2D eigenvalue weighted by atomic mass is 16.7. The van der Waals surface area contributed by atoms with Crippen LogP contribution in [-0.4, -0.2) is 6.29 Å². The van der Waals surface area contributed by atoms with Gasteiger partial charge < -0.3 is 9.47 Å². The third kappa shape index (κ3) is 1.90. The van der Waals surface area contributed by atoms with Gasteiger partial charge in [0, 0.05) is 6.42 Å². The van der Waals surface area contributed by atoms with Crippen LogP contribution in [0.1, 0.15) is 19.3 Å². The molecule has 1 radical (unpaired) electrons. The second-order valence-electron chi connectivity index (χ2n) is 3.28. The van der Waals surface area contributed by atoms with E-state index in [1.807, 2.05) is 24.3 Å². The SMILES string of the molecule is [CH]=CCCCC1Oc2ccccc2O1. The summed E-state index contributed by atoms with van der Waals surface area (Å²) in [5.74, 6) is 1.68. The monoisotopic (exact) mass is 189 g/mol. The van der Waals surface area contributed by atoms with E-state index in [1.54, 1.807) is 6.08 Å². The molecule has 14 heavy (non-hydrogen) atoms. The van der Waals surface area contributed by atoms with Crippen molar-refractivity contribution in [2.45, 2.75) is 25.6 Å². The fourth-order valence-electron chi connectivity index (χ4n) is 1.47. The molecule has 0 aliphatic carbocycles. The van der Waals surface area contributed by atoms with Crippen LogP contribution in [0.15, 0.2) is 30.3 Å². The van der Waals surface area contributed by atoms with Crippen molar-refractivity contribution >= 4 is 0 Å². The molecular weight excluding hydrogens is 176 g/mol. The Hall–Kier alpha value is -1.44. The van der Waals surface area contributed by atoms with Gasteiger partial charge in [0.1, 0.15) is 0 Å². The zero-order chi connectivity index (χ0) is 9.80. The zero-order valence-electron chi connectivity index (χ0n) is 7.98. The minimum Gasteiger partial charge on any atom is -0.451 e. The molecule has 2 nitrogen and oxygen atoms in total. The summed E-state index contributed by atoms with van der Waals surface area (Å²) in [5.41, 5.74) is 0. The predicted molar refractivity (Wildman–Crippen MR) is 54.2 cm³/mol. The average molecular weight is 189 g/mol. The van der Waals surface area contributed by atoms with Gasteiger partial charge in [-0.1, -0.05) is 24.8 Å². The van der Waals surface area contributed by atoms with Crippen molar-refractivity contribution in [1.29, 1.82) is 0 Å². The molecule has 2 heteroatoms. The number of hydrogen-bond acceptors (Lipinski definition) is 2. The Morgan fingerprint density at radius 2 is 1.86 bits per heavy atom. The van der Waals surface area contributed by atoms with Gasteiger partial charge in [0.05, 0.1) is 0 Å². The molecule has 0 N–H and O–H groups in total. The van der Waals surface area contributed by atoms with Crippen molar-refractivity contribution < 1.29 is 9.47 Å². The lowest BCUT2D eigenvalue weighted by Crippen LogP contribution is -2.17. The maximum absolute atomic E-state index is 5.58. The minimum absolute atomic E-state index is 0.132. The van der Waals surface area contributed by atoms with Crippen LogP contribution in [0, 0.1) is 6.58 Å². The van der Waals surface area contributed by atoms with Gasteiger partial charge >= 0.3 is 0 Å². The van der Waals surface area contributed by atoms with Crippen LogP contribution in [0.25, 0.3) is 0 Å². The van der Waals surface area contributed by atoms with Gasteiger partial charge in [-0.3, -0.25) is 0 Å². The highest BCUT2D eigenvalue weighted by Crippen LogP contribution is 2.35. The van der Waals surface area contributed by atoms with Crippen molar-refractivity contribution in [1.82, 2.24) is 0 Å². The van der Waals surface area contributed by atoms with Gasteiger partial charge in [-0.15, -0.1) is 0 Å². The van der Waals surface area contributed by atoms with E-state index in [1.165, 1.54) is 0 Å². The van der Waals surface area contributed by atoms with Crippen LogP contribution < -0.4 is 9.47 Å². The number of benzene rings is 1. The van der Waals surface area contributed by atoms with Crippen molar-refractivity contribution in [2.24, 2.45) is 0 Å². The van der Waals surface area contributed by atoms with E-state index >= 15 is 0 Å². The second-order valence-corrected chi connectivity index (χ2v) is 3.28. The Labute approximate surface area is 84.2 Å². The van der Waals surface area contributed by atoms with Crippen molar-refractivity contribution in [3.8, 4) is 11.5 Å². The first kappa shape index (κ1) is 9.13. The van der Waals surface area contributed by atoms with Crippen LogP contribution in [0.5, 0.6) is 11.5 Å². The molecule has 0 aromatic heterocycles. The molecule has 0 unspecified atom stereocenters. The Kier molecular flexibility index (Phi) is 2.73. The molecule has 73 valence electrons. The zero-order valence-corrected chi connectivity index (χ0v) is 7.98. The molecule has 1 aliphatic heterocycles. The molecule has 0 saturated heterocycles. The summed E-state index contributed by atoms with van der Waals surface area (Å²) in [6.07, 6.45) is 4.31. The molecule has 0 atom stereocenters. The lowest BCUT2D eigenvalue weighted by Gasteiger charge is -2.08. The van der Waals surface area contributed by atoms with Gasteiger partial charge in [0.2, 0.25) is 6.29 Å². The maximum atomic E-state index is 5.58. The van der Waals surface area contributed by atoms with Crippen LogP contribution >= 0.6 is 0 Å². The molecule has 1 aromatic rings.